The van der Waals surface area contributed by atoms with Crippen molar-refractivity contribution in [3.63, 3.8) is 0 Å². The Balaban J connectivity index is 2.28. The van der Waals surface area contributed by atoms with Crippen LogP contribution < -0.4 is 10.1 Å². The van der Waals surface area contributed by atoms with Gasteiger partial charge in [-0.05, 0) is 12.1 Å². The monoisotopic (exact) mass is 270 g/mol. The van der Waals surface area contributed by atoms with E-state index in [1.165, 1.54) is 11.3 Å². The average molecular weight is 271 g/mol. The van der Waals surface area contributed by atoms with Crippen LogP contribution in [-0.4, -0.2) is 23.9 Å². The van der Waals surface area contributed by atoms with E-state index in [9.17, 15) is 4.79 Å². The Kier molecular flexibility index (Phi) is 3.81. The van der Waals surface area contributed by atoms with Crippen molar-refractivity contribution in [2.45, 2.75) is 6.42 Å². The third-order valence-corrected chi connectivity index (χ3v) is 3.29. The number of methoxy groups -OCH3 is 1. The second-order valence-corrected chi connectivity index (χ2v) is 4.72. The number of halogens is 1. The molecule has 0 atom stereocenters. The minimum atomic E-state index is -0.127. The minimum absolute atomic E-state index is 0.127. The third kappa shape index (κ3) is 2.68. The zero-order valence-corrected chi connectivity index (χ0v) is 10.8. The summed E-state index contributed by atoms with van der Waals surface area (Å²) in [6.45, 7) is 0. The van der Waals surface area contributed by atoms with Gasteiger partial charge in [0, 0.05) is 12.3 Å². The van der Waals surface area contributed by atoms with Gasteiger partial charge in [-0.2, -0.15) is 0 Å². The Morgan fingerprint density at radius 1 is 1.59 bits per heavy atom. The molecule has 0 aliphatic heterocycles. The Hall–Kier alpha value is -1.33. The number of carbonyl (C=O) groups excluding carboxylic acids is 1. The van der Waals surface area contributed by atoms with Crippen LogP contribution >= 0.6 is 22.9 Å². The smallest absolute Gasteiger partial charge is 0.227 e. The largest absolute Gasteiger partial charge is 0.494 e. The van der Waals surface area contributed by atoms with Crippen LogP contribution in [0, 0.1) is 0 Å². The van der Waals surface area contributed by atoms with Gasteiger partial charge in [-0.15, -0.1) is 11.6 Å². The van der Waals surface area contributed by atoms with Crippen molar-refractivity contribution in [2.24, 2.45) is 0 Å². The predicted molar refractivity (Wildman–Crippen MR) is 70.1 cm³/mol. The Labute approximate surface area is 108 Å². The molecule has 0 aliphatic rings. The van der Waals surface area contributed by atoms with E-state index in [4.69, 9.17) is 16.3 Å². The minimum Gasteiger partial charge on any atom is -0.494 e. The van der Waals surface area contributed by atoms with E-state index in [2.05, 4.69) is 10.3 Å². The molecule has 2 aromatic rings. The number of ether oxygens (including phenoxy) is 1. The topological polar surface area (TPSA) is 51.2 Å². The normalized spacial score (nSPS) is 10.5. The summed E-state index contributed by atoms with van der Waals surface area (Å²) in [6, 6.07) is 5.67. The maximum absolute atomic E-state index is 11.4. The number of rotatable bonds is 4. The highest BCUT2D eigenvalue weighted by Gasteiger charge is 2.10. The Morgan fingerprint density at radius 2 is 2.41 bits per heavy atom. The number of carbonyl (C=O) groups is 1. The van der Waals surface area contributed by atoms with E-state index < -0.39 is 0 Å². The summed E-state index contributed by atoms with van der Waals surface area (Å²) in [5, 5.41) is 3.28. The first kappa shape index (κ1) is 12.1. The number of hydrogen-bond donors (Lipinski definition) is 1. The number of nitrogens with zero attached hydrogens (tertiary/aromatic N) is 1. The Morgan fingerprint density at radius 3 is 3.12 bits per heavy atom. The molecule has 1 heterocycles. The summed E-state index contributed by atoms with van der Waals surface area (Å²) >= 11 is 6.91. The van der Waals surface area contributed by atoms with E-state index in [1.54, 1.807) is 7.11 Å². The van der Waals surface area contributed by atoms with Gasteiger partial charge in [-0.25, -0.2) is 4.98 Å². The van der Waals surface area contributed by atoms with E-state index in [0.717, 1.165) is 10.2 Å². The summed E-state index contributed by atoms with van der Waals surface area (Å²) < 4.78 is 6.18. The van der Waals surface area contributed by atoms with Crippen molar-refractivity contribution in [1.29, 1.82) is 0 Å². The number of hydrogen-bond acceptors (Lipinski definition) is 4. The molecule has 17 heavy (non-hydrogen) atoms. The fourth-order valence-corrected chi connectivity index (χ4v) is 2.48. The molecule has 1 N–H and O–H groups in total. The average Bonchev–Trinajstić information content (AvgIpc) is 2.70. The summed E-state index contributed by atoms with van der Waals surface area (Å²) in [6.07, 6.45) is 0.286. The molecular formula is C11H11ClN2O2S. The Bertz CT molecular complexity index is 541. The quantitative estimate of drug-likeness (QED) is 0.869. The zero-order valence-electron chi connectivity index (χ0n) is 9.20. The maximum Gasteiger partial charge on any atom is 0.227 e. The second-order valence-electron chi connectivity index (χ2n) is 3.31. The highest BCUT2D eigenvalue weighted by molar-refractivity contribution is 7.22. The molecule has 0 unspecified atom stereocenters. The highest BCUT2D eigenvalue weighted by Crippen LogP contribution is 2.31. The van der Waals surface area contributed by atoms with E-state index in [0.29, 0.717) is 16.8 Å². The van der Waals surface area contributed by atoms with Crippen LogP contribution in [0.25, 0.3) is 10.2 Å². The van der Waals surface area contributed by atoms with Crippen LogP contribution in [0.1, 0.15) is 6.42 Å². The first-order chi connectivity index (χ1) is 8.24. The van der Waals surface area contributed by atoms with E-state index >= 15 is 0 Å². The fourth-order valence-electron chi connectivity index (χ4n) is 1.41. The summed E-state index contributed by atoms with van der Waals surface area (Å²) in [5.41, 5.74) is 0.765. The molecule has 1 aromatic heterocycles. The highest BCUT2D eigenvalue weighted by atomic mass is 35.5. The lowest BCUT2D eigenvalue weighted by Gasteiger charge is -1.98. The van der Waals surface area contributed by atoms with E-state index in [1.807, 2.05) is 18.2 Å². The lowest BCUT2D eigenvalue weighted by molar-refractivity contribution is -0.115. The number of fused-ring (bicyclic) bond motifs is 1. The molecular weight excluding hydrogens is 260 g/mol. The SMILES string of the molecule is COc1cccc2sc(NC(=O)CCCl)nc12. The third-order valence-electron chi connectivity index (χ3n) is 2.17. The van der Waals surface area contributed by atoms with Gasteiger partial charge in [0.2, 0.25) is 5.91 Å². The summed E-state index contributed by atoms with van der Waals surface area (Å²) in [4.78, 5) is 15.7. The number of thiazole rings is 1. The lowest BCUT2D eigenvalue weighted by Crippen LogP contribution is -2.11. The van der Waals surface area contributed by atoms with Crippen LogP contribution in [-0.2, 0) is 4.79 Å². The fraction of sp³-hybridized carbons (Fsp3) is 0.273. The van der Waals surface area contributed by atoms with E-state index in [-0.39, 0.29) is 12.3 Å². The van der Waals surface area contributed by atoms with Gasteiger partial charge >= 0.3 is 0 Å². The molecule has 0 saturated heterocycles. The predicted octanol–water partition coefficient (Wildman–Crippen LogP) is 2.87. The van der Waals surface area contributed by atoms with Gasteiger partial charge in [-0.1, -0.05) is 17.4 Å². The van der Waals surface area contributed by atoms with Crippen LogP contribution in [0.5, 0.6) is 5.75 Å². The van der Waals surface area contributed by atoms with Crippen LogP contribution in [0.2, 0.25) is 0 Å². The van der Waals surface area contributed by atoms with Crippen molar-refractivity contribution in [2.75, 3.05) is 18.3 Å². The van der Waals surface area contributed by atoms with Gasteiger partial charge in [0.15, 0.2) is 5.13 Å². The molecule has 6 heteroatoms. The molecule has 0 radical (unpaired) electrons. The van der Waals surface area contributed by atoms with Crippen molar-refractivity contribution in [1.82, 2.24) is 4.98 Å². The van der Waals surface area contributed by atoms with Crippen LogP contribution in [0.4, 0.5) is 5.13 Å². The first-order valence-electron chi connectivity index (χ1n) is 5.04. The lowest BCUT2D eigenvalue weighted by atomic mass is 10.3. The maximum atomic E-state index is 11.4. The second kappa shape index (κ2) is 5.33. The number of benzene rings is 1. The molecule has 2 rings (SSSR count). The number of para-hydroxylation sites is 1. The van der Waals surface area contributed by atoms with Gasteiger partial charge in [0.05, 0.1) is 11.8 Å². The van der Waals surface area contributed by atoms with Gasteiger partial charge in [0.1, 0.15) is 11.3 Å². The number of aromatic nitrogens is 1. The summed E-state index contributed by atoms with van der Waals surface area (Å²) in [7, 11) is 1.60. The van der Waals surface area contributed by atoms with Crippen LogP contribution in [0.3, 0.4) is 0 Å². The zero-order chi connectivity index (χ0) is 12.3. The number of amides is 1. The van der Waals surface area contributed by atoms with Crippen molar-refractivity contribution < 1.29 is 9.53 Å². The van der Waals surface area contributed by atoms with Crippen LogP contribution in [0.15, 0.2) is 18.2 Å². The number of alkyl halides is 1. The number of anilines is 1. The first-order valence-corrected chi connectivity index (χ1v) is 6.39. The van der Waals surface area contributed by atoms with Gasteiger partial charge in [0.25, 0.3) is 0 Å². The molecule has 0 saturated carbocycles. The van der Waals surface area contributed by atoms with Gasteiger partial charge < -0.3 is 10.1 Å². The standard InChI is InChI=1S/C11H11ClN2O2S/c1-16-7-3-2-4-8-10(7)14-11(17-8)13-9(15)5-6-12/h2-4H,5-6H2,1H3,(H,13,14,15). The van der Waals surface area contributed by atoms with Crippen molar-refractivity contribution in [3.05, 3.63) is 18.2 Å². The number of nitrogens with one attached hydrogen (secondary N) is 1. The van der Waals surface area contributed by atoms with Crippen molar-refractivity contribution in [3.8, 4) is 5.75 Å². The molecule has 0 aliphatic carbocycles. The molecule has 1 aromatic carbocycles. The molecule has 0 fully saturated rings. The molecule has 0 spiro atoms. The molecule has 90 valence electrons. The molecule has 4 nitrogen and oxygen atoms in total. The van der Waals surface area contributed by atoms with Gasteiger partial charge in [-0.3, -0.25) is 4.79 Å². The van der Waals surface area contributed by atoms with Crippen molar-refractivity contribution >= 4 is 44.2 Å². The molecule has 0 bridgehead atoms. The summed E-state index contributed by atoms with van der Waals surface area (Å²) in [5.74, 6) is 0.884. The molecule has 1 amide bonds.